The van der Waals surface area contributed by atoms with Crippen molar-refractivity contribution in [1.82, 2.24) is 5.09 Å². The molecule has 0 aromatic heterocycles. The second kappa shape index (κ2) is 6.97. The first kappa shape index (κ1) is 19.1. The molecule has 0 saturated heterocycles. The van der Waals surface area contributed by atoms with Crippen LogP contribution < -0.4 is 14.1 Å². The van der Waals surface area contributed by atoms with E-state index in [4.69, 9.17) is 9.05 Å². The standard InChI is InChI=1S/C18H13F5NO3P/c19-12-13(20)15(22)17(16(23)14(12)21)27-28(24-5-6-25)26-11-3-1-9(2-4-11)18-7-10(18)8-18/h1-4,6,10,24H,5,7-8H2. The van der Waals surface area contributed by atoms with Gasteiger partial charge in [-0.25, -0.2) is 18.3 Å². The third-order valence-corrected chi connectivity index (χ3v) is 6.11. The van der Waals surface area contributed by atoms with Crippen molar-refractivity contribution in [2.45, 2.75) is 18.3 Å². The van der Waals surface area contributed by atoms with E-state index in [-0.39, 0.29) is 17.7 Å². The number of nitrogens with one attached hydrogen (secondary N) is 1. The molecular formula is C18H13F5NO3P. The van der Waals surface area contributed by atoms with Gasteiger partial charge >= 0.3 is 8.53 Å². The summed E-state index contributed by atoms with van der Waals surface area (Å²) in [5.41, 5.74) is 1.45. The molecule has 2 aromatic rings. The van der Waals surface area contributed by atoms with E-state index in [1.807, 2.05) is 12.1 Å². The Morgan fingerprint density at radius 1 is 0.964 bits per heavy atom. The zero-order chi connectivity index (χ0) is 20.1. The predicted molar refractivity (Wildman–Crippen MR) is 89.3 cm³/mol. The molecule has 10 heteroatoms. The first-order valence-electron chi connectivity index (χ1n) is 8.32. The third kappa shape index (κ3) is 3.22. The summed E-state index contributed by atoms with van der Waals surface area (Å²) in [4.78, 5) is 10.6. The molecule has 4 nitrogen and oxygen atoms in total. The molecule has 0 radical (unpaired) electrons. The molecule has 28 heavy (non-hydrogen) atoms. The lowest BCUT2D eigenvalue weighted by molar-refractivity contribution is -0.106. The topological polar surface area (TPSA) is 47.6 Å². The van der Waals surface area contributed by atoms with Gasteiger partial charge in [0.15, 0.2) is 0 Å². The zero-order valence-electron chi connectivity index (χ0n) is 14.1. The van der Waals surface area contributed by atoms with E-state index in [9.17, 15) is 26.7 Å². The number of hydrogen-bond acceptors (Lipinski definition) is 4. The summed E-state index contributed by atoms with van der Waals surface area (Å²) in [6.45, 7) is -0.316. The molecule has 0 heterocycles. The van der Waals surface area contributed by atoms with Crippen molar-refractivity contribution in [2.24, 2.45) is 5.92 Å². The van der Waals surface area contributed by atoms with Crippen LogP contribution in [0.1, 0.15) is 18.4 Å². The fourth-order valence-corrected chi connectivity index (χ4v) is 4.09. The van der Waals surface area contributed by atoms with Gasteiger partial charge in [-0.15, -0.1) is 0 Å². The SMILES string of the molecule is O=CCNP(Oc1ccc(C23CC2C3)cc1)Oc1c(F)c(F)c(F)c(F)c1F. The summed E-state index contributed by atoms with van der Waals surface area (Å²) >= 11 is 0. The fraction of sp³-hybridized carbons (Fsp3) is 0.278. The highest BCUT2D eigenvalue weighted by Crippen LogP contribution is 2.75. The minimum absolute atomic E-state index is 0.256. The number of halogens is 5. The molecule has 2 aliphatic carbocycles. The molecule has 2 saturated carbocycles. The van der Waals surface area contributed by atoms with Crippen LogP contribution in [0.2, 0.25) is 0 Å². The molecule has 1 unspecified atom stereocenters. The Bertz CT molecular complexity index is 905. The van der Waals surface area contributed by atoms with Gasteiger partial charge in [-0.05, 0) is 41.9 Å². The van der Waals surface area contributed by atoms with Gasteiger partial charge in [0.1, 0.15) is 12.0 Å². The highest BCUT2D eigenvalue weighted by molar-refractivity contribution is 7.45. The van der Waals surface area contributed by atoms with E-state index >= 15 is 0 Å². The summed E-state index contributed by atoms with van der Waals surface area (Å²) in [7, 11) is -2.41. The summed E-state index contributed by atoms with van der Waals surface area (Å²) < 4.78 is 77.8. The van der Waals surface area contributed by atoms with Gasteiger partial charge in [-0.1, -0.05) is 12.1 Å². The Hall–Kier alpha value is -2.25. The maximum Gasteiger partial charge on any atom is 0.382 e. The summed E-state index contributed by atoms with van der Waals surface area (Å²) in [5.74, 6) is -11.3. The van der Waals surface area contributed by atoms with Crippen LogP contribution in [0, 0.1) is 35.0 Å². The van der Waals surface area contributed by atoms with Crippen molar-refractivity contribution in [1.29, 1.82) is 0 Å². The third-order valence-electron chi connectivity index (χ3n) is 4.95. The van der Waals surface area contributed by atoms with E-state index in [0.29, 0.717) is 6.29 Å². The molecule has 2 aromatic carbocycles. The van der Waals surface area contributed by atoms with Crippen LogP contribution in [0.25, 0.3) is 0 Å². The quantitative estimate of drug-likeness (QED) is 0.226. The minimum Gasteiger partial charge on any atom is -0.427 e. The van der Waals surface area contributed by atoms with E-state index in [2.05, 4.69) is 5.09 Å². The van der Waals surface area contributed by atoms with E-state index in [1.165, 1.54) is 0 Å². The normalized spacial score (nSPS) is 23.0. The maximum atomic E-state index is 13.8. The zero-order valence-corrected chi connectivity index (χ0v) is 15.0. The molecule has 148 valence electrons. The molecule has 0 amide bonds. The van der Waals surface area contributed by atoms with Crippen molar-refractivity contribution in [3.63, 3.8) is 0 Å². The number of benzene rings is 2. The average molecular weight is 417 g/mol. The van der Waals surface area contributed by atoms with Crippen LogP contribution in [-0.4, -0.2) is 12.8 Å². The van der Waals surface area contributed by atoms with Crippen LogP contribution in [-0.2, 0) is 10.2 Å². The smallest absolute Gasteiger partial charge is 0.382 e. The molecule has 1 N–H and O–H groups in total. The van der Waals surface area contributed by atoms with Gasteiger partial charge in [-0.3, -0.25) is 0 Å². The van der Waals surface area contributed by atoms with Gasteiger partial charge in [0, 0.05) is 0 Å². The van der Waals surface area contributed by atoms with Gasteiger partial charge in [-0.2, -0.15) is 8.78 Å². The largest absolute Gasteiger partial charge is 0.427 e. The summed E-state index contributed by atoms with van der Waals surface area (Å²) in [5, 5.41) is 2.42. The van der Waals surface area contributed by atoms with Crippen LogP contribution >= 0.6 is 8.53 Å². The van der Waals surface area contributed by atoms with E-state index in [0.717, 1.165) is 24.3 Å². The lowest BCUT2D eigenvalue weighted by Gasteiger charge is -2.19. The highest BCUT2D eigenvalue weighted by atomic mass is 31.2. The number of fused-ring (bicyclic) bond motifs is 1. The highest BCUT2D eigenvalue weighted by Gasteiger charge is 2.70. The van der Waals surface area contributed by atoms with Crippen molar-refractivity contribution < 1.29 is 35.8 Å². The molecule has 0 spiro atoms. The van der Waals surface area contributed by atoms with Crippen LogP contribution in [0.4, 0.5) is 22.0 Å². The van der Waals surface area contributed by atoms with Gasteiger partial charge in [0.05, 0.1) is 6.54 Å². The molecule has 1 atom stereocenters. The number of aldehydes is 1. The lowest BCUT2D eigenvalue weighted by Crippen LogP contribution is -2.18. The Balaban J connectivity index is 1.54. The average Bonchev–Trinajstić information content (AvgIpc) is 3.57. The lowest BCUT2D eigenvalue weighted by atomic mass is 10.0. The van der Waals surface area contributed by atoms with Crippen LogP contribution in [0.15, 0.2) is 24.3 Å². The molecule has 0 bridgehead atoms. The van der Waals surface area contributed by atoms with Gasteiger partial charge in [0.25, 0.3) is 0 Å². The van der Waals surface area contributed by atoms with E-state index in [1.54, 1.807) is 12.1 Å². The fourth-order valence-electron chi connectivity index (χ4n) is 3.06. The summed E-state index contributed by atoms with van der Waals surface area (Å²) in [6, 6.07) is 6.96. The van der Waals surface area contributed by atoms with Crippen molar-refractivity contribution in [3.05, 3.63) is 58.9 Å². The Kier molecular flexibility index (Phi) is 4.75. The Labute approximate surface area is 157 Å². The van der Waals surface area contributed by atoms with Crippen molar-refractivity contribution >= 4 is 14.8 Å². The number of carbonyl (C=O) groups is 1. The van der Waals surface area contributed by atoms with Gasteiger partial charge < -0.3 is 13.8 Å². The molecule has 2 aliphatic rings. The molecule has 2 fully saturated rings. The summed E-state index contributed by atoms with van der Waals surface area (Å²) in [6.07, 6.45) is 2.75. The molecular weight excluding hydrogens is 404 g/mol. The number of carbonyl (C=O) groups excluding carboxylic acids is 1. The van der Waals surface area contributed by atoms with Crippen molar-refractivity contribution in [2.75, 3.05) is 6.54 Å². The Morgan fingerprint density at radius 2 is 1.50 bits per heavy atom. The minimum atomic E-state index is -2.41. The molecule has 0 aliphatic heterocycles. The van der Waals surface area contributed by atoms with Crippen molar-refractivity contribution in [3.8, 4) is 11.5 Å². The van der Waals surface area contributed by atoms with Crippen LogP contribution in [0.5, 0.6) is 11.5 Å². The monoisotopic (exact) mass is 417 g/mol. The second-order valence-corrected chi connectivity index (χ2v) is 7.85. The first-order chi connectivity index (χ1) is 13.4. The number of rotatable bonds is 8. The molecule has 4 rings (SSSR count). The first-order valence-corrected chi connectivity index (χ1v) is 9.50. The predicted octanol–water partition coefficient (Wildman–Crippen LogP) is 4.52. The van der Waals surface area contributed by atoms with E-state index < -0.39 is 43.4 Å². The maximum absolute atomic E-state index is 13.8. The Morgan fingerprint density at radius 3 is 2.00 bits per heavy atom. The van der Waals surface area contributed by atoms with Crippen LogP contribution in [0.3, 0.4) is 0 Å². The van der Waals surface area contributed by atoms with Gasteiger partial charge in [0.2, 0.25) is 34.8 Å². The number of hydrogen-bond donors (Lipinski definition) is 1. The second-order valence-electron chi connectivity index (χ2n) is 6.65.